The second kappa shape index (κ2) is 6.04. The summed E-state index contributed by atoms with van der Waals surface area (Å²) >= 11 is 13.1. The van der Waals surface area contributed by atoms with E-state index in [1.165, 1.54) is 0 Å². The fraction of sp³-hybridized carbons (Fsp3) is 0.538. The van der Waals surface area contributed by atoms with Crippen LogP contribution in [0.15, 0.2) is 24.3 Å². The predicted molar refractivity (Wildman–Crippen MR) is 87.5 cm³/mol. The van der Waals surface area contributed by atoms with Crippen molar-refractivity contribution in [1.29, 1.82) is 0 Å². The lowest BCUT2D eigenvalue weighted by Crippen LogP contribution is -2.39. The number of alkyl halides is 2. The Morgan fingerprint density at radius 3 is 2.21 bits per heavy atom. The summed E-state index contributed by atoms with van der Waals surface area (Å²) < 4.78 is 23.5. The molecule has 0 radical (unpaired) electrons. The van der Waals surface area contributed by atoms with Crippen molar-refractivity contribution in [2.45, 2.75) is 11.8 Å². The van der Waals surface area contributed by atoms with Gasteiger partial charge in [0.15, 0.2) is 9.84 Å². The van der Waals surface area contributed by atoms with Crippen molar-refractivity contribution in [1.82, 2.24) is 0 Å². The molecule has 2 nitrogen and oxygen atoms in total. The maximum Gasteiger partial charge on any atom is 0.150 e. The summed E-state index contributed by atoms with van der Waals surface area (Å²) in [6, 6.07) is 7.71. The van der Waals surface area contributed by atoms with Crippen LogP contribution in [0, 0.1) is 5.92 Å². The normalized spacial score (nSPS) is 22.6. The van der Waals surface area contributed by atoms with Gasteiger partial charge in [-0.25, -0.2) is 8.42 Å². The molecular formula is C13H15Br2ClO2S. The van der Waals surface area contributed by atoms with Crippen LogP contribution in [0.25, 0.3) is 0 Å². The maximum absolute atomic E-state index is 11.8. The summed E-state index contributed by atoms with van der Waals surface area (Å²) in [7, 11) is -2.88. The Balaban J connectivity index is 2.40. The van der Waals surface area contributed by atoms with Crippen molar-refractivity contribution in [2.75, 3.05) is 22.2 Å². The highest BCUT2D eigenvalue weighted by molar-refractivity contribution is 9.09. The minimum atomic E-state index is -2.88. The summed E-state index contributed by atoms with van der Waals surface area (Å²) in [4.78, 5) is 0. The van der Waals surface area contributed by atoms with Gasteiger partial charge in [0.25, 0.3) is 0 Å². The highest BCUT2D eigenvalue weighted by Gasteiger charge is 2.44. The van der Waals surface area contributed by atoms with Gasteiger partial charge in [-0.1, -0.05) is 55.6 Å². The Morgan fingerprint density at radius 1 is 1.21 bits per heavy atom. The van der Waals surface area contributed by atoms with Crippen molar-refractivity contribution < 1.29 is 8.42 Å². The first-order chi connectivity index (χ1) is 8.93. The Bertz CT molecular complexity index is 538. The second-order valence-corrected chi connectivity index (χ2v) is 8.82. The first-order valence-electron chi connectivity index (χ1n) is 6.02. The molecule has 6 heteroatoms. The molecule has 106 valence electrons. The van der Waals surface area contributed by atoms with E-state index >= 15 is 0 Å². The lowest BCUT2D eigenvalue weighted by Gasteiger charge is -2.36. The van der Waals surface area contributed by atoms with Crippen LogP contribution in [0.4, 0.5) is 0 Å². The van der Waals surface area contributed by atoms with Gasteiger partial charge in [-0.2, -0.15) is 0 Å². The van der Waals surface area contributed by atoms with E-state index < -0.39 is 9.84 Å². The van der Waals surface area contributed by atoms with E-state index in [0.717, 1.165) is 22.6 Å². The van der Waals surface area contributed by atoms with Gasteiger partial charge in [0, 0.05) is 21.1 Å². The summed E-state index contributed by atoms with van der Waals surface area (Å²) in [5.41, 5.74) is 0.932. The number of sulfone groups is 1. The molecule has 1 saturated heterocycles. The molecule has 1 unspecified atom stereocenters. The first-order valence-corrected chi connectivity index (χ1v) is 10.5. The zero-order chi connectivity index (χ0) is 14.1. The third-order valence-electron chi connectivity index (χ3n) is 3.91. The SMILES string of the molecule is O=S1(=O)CCC(C(CBr)(CBr)c2ccc(Cl)cc2)C1. The number of rotatable bonds is 4. The minimum Gasteiger partial charge on any atom is -0.229 e. The van der Waals surface area contributed by atoms with E-state index in [4.69, 9.17) is 11.6 Å². The van der Waals surface area contributed by atoms with Crippen LogP contribution in [-0.4, -0.2) is 30.6 Å². The van der Waals surface area contributed by atoms with Crippen LogP contribution < -0.4 is 0 Å². The number of hydrogen-bond donors (Lipinski definition) is 0. The van der Waals surface area contributed by atoms with Gasteiger partial charge in [0.2, 0.25) is 0 Å². The summed E-state index contributed by atoms with van der Waals surface area (Å²) in [6.45, 7) is 0. The van der Waals surface area contributed by atoms with Crippen LogP contribution in [0.5, 0.6) is 0 Å². The van der Waals surface area contributed by atoms with Gasteiger partial charge < -0.3 is 0 Å². The highest BCUT2D eigenvalue weighted by atomic mass is 79.9. The van der Waals surface area contributed by atoms with Crippen LogP contribution in [0.2, 0.25) is 5.02 Å². The zero-order valence-corrected chi connectivity index (χ0v) is 15.0. The molecule has 0 saturated carbocycles. The molecule has 0 amide bonds. The number of benzene rings is 1. The summed E-state index contributed by atoms with van der Waals surface area (Å²) in [6.07, 6.45) is 0.724. The standard InChI is InChI=1S/C13H15Br2ClO2S/c14-8-13(9-15,10-1-3-12(16)4-2-10)11-5-6-19(17,18)7-11/h1-4,11H,5-9H2. The number of halogens is 3. The average molecular weight is 431 g/mol. The van der Waals surface area contributed by atoms with Crippen molar-refractivity contribution in [3.05, 3.63) is 34.9 Å². The molecule has 1 fully saturated rings. The Hall–Kier alpha value is 0.420. The molecule has 0 aliphatic carbocycles. The van der Waals surface area contributed by atoms with E-state index in [0.29, 0.717) is 10.8 Å². The summed E-state index contributed by atoms with van der Waals surface area (Å²) in [5.74, 6) is 0.706. The molecule has 1 aliphatic rings. The molecule has 0 N–H and O–H groups in total. The van der Waals surface area contributed by atoms with Gasteiger partial charge >= 0.3 is 0 Å². The first kappa shape index (κ1) is 15.8. The van der Waals surface area contributed by atoms with E-state index in [9.17, 15) is 8.42 Å². The molecule has 1 atom stereocenters. The smallest absolute Gasteiger partial charge is 0.150 e. The zero-order valence-electron chi connectivity index (χ0n) is 10.3. The lowest BCUT2D eigenvalue weighted by atomic mass is 9.73. The maximum atomic E-state index is 11.8. The fourth-order valence-corrected chi connectivity index (χ4v) is 7.18. The van der Waals surface area contributed by atoms with Gasteiger partial charge in [0.1, 0.15) is 0 Å². The molecule has 19 heavy (non-hydrogen) atoms. The van der Waals surface area contributed by atoms with Gasteiger partial charge in [-0.05, 0) is 30.0 Å². The molecule has 1 aromatic rings. The third kappa shape index (κ3) is 3.20. The second-order valence-electron chi connectivity index (χ2n) is 5.03. The molecule has 0 spiro atoms. The monoisotopic (exact) mass is 428 g/mol. The van der Waals surface area contributed by atoms with Crippen molar-refractivity contribution in [3.63, 3.8) is 0 Å². The quantitative estimate of drug-likeness (QED) is 0.681. The Labute approximate surface area is 136 Å². The van der Waals surface area contributed by atoms with E-state index in [1.807, 2.05) is 24.3 Å². The molecule has 0 aromatic heterocycles. The molecule has 1 aromatic carbocycles. The van der Waals surface area contributed by atoms with Crippen molar-refractivity contribution >= 4 is 53.3 Å². The largest absolute Gasteiger partial charge is 0.229 e. The molecule has 0 bridgehead atoms. The van der Waals surface area contributed by atoms with Crippen LogP contribution >= 0.6 is 43.5 Å². The molecular weight excluding hydrogens is 415 g/mol. The predicted octanol–water partition coefficient (Wildman–Crippen LogP) is 3.80. The van der Waals surface area contributed by atoms with Gasteiger partial charge in [0.05, 0.1) is 11.5 Å². The van der Waals surface area contributed by atoms with Gasteiger partial charge in [-0.3, -0.25) is 0 Å². The topological polar surface area (TPSA) is 34.1 Å². The van der Waals surface area contributed by atoms with Crippen molar-refractivity contribution in [2.24, 2.45) is 5.92 Å². The van der Waals surface area contributed by atoms with E-state index in [-0.39, 0.29) is 17.1 Å². The molecule has 1 aliphatic heterocycles. The molecule has 1 heterocycles. The highest BCUT2D eigenvalue weighted by Crippen LogP contribution is 2.42. The van der Waals surface area contributed by atoms with Gasteiger partial charge in [-0.15, -0.1) is 0 Å². The third-order valence-corrected chi connectivity index (χ3v) is 7.93. The van der Waals surface area contributed by atoms with Crippen molar-refractivity contribution in [3.8, 4) is 0 Å². The lowest BCUT2D eigenvalue weighted by molar-refractivity contribution is 0.369. The van der Waals surface area contributed by atoms with E-state index in [2.05, 4.69) is 31.9 Å². The molecule has 2 rings (SSSR count). The van der Waals surface area contributed by atoms with Crippen LogP contribution in [0.3, 0.4) is 0 Å². The number of hydrogen-bond acceptors (Lipinski definition) is 2. The van der Waals surface area contributed by atoms with Crippen LogP contribution in [-0.2, 0) is 15.3 Å². The van der Waals surface area contributed by atoms with E-state index in [1.54, 1.807) is 0 Å². The average Bonchev–Trinajstić information content (AvgIpc) is 2.74. The Kier molecular flexibility index (Phi) is 5.02. The summed E-state index contributed by atoms with van der Waals surface area (Å²) in [5, 5.41) is 2.15. The van der Waals surface area contributed by atoms with Crippen LogP contribution in [0.1, 0.15) is 12.0 Å². The Morgan fingerprint density at radius 2 is 1.79 bits per heavy atom. The minimum absolute atomic E-state index is 0.137. The fourth-order valence-electron chi connectivity index (χ4n) is 2.66.